The van der Waals surface area contributed by atoms with E-state index in [-0.39, 0.29) is 5.91 Å². The Morgan fingerprint density at radius 3 is 2.65 bits per heavy atom. The summed E-state index contributed by atoms with van der Waals surface area (Å²) in [5, 5.41) is 2.80. The number of hydrogen-bond acceptors (Lipinski definition) is 1. The van der Waals surface area contributed by atoms with Crippen LogP contribution in [0.15, 0.2) is 48.7 Å². The van der Waals surface area contributed by atoms with Crippen LogP contribution in [0.2, 0.25) is 0 Å². The number of aromatic nitrogens is 1. The molecule has 1 aromatic carbocycles. The number of benzene rings is 1. The molecule has 88 valence electrons. The standard InChI is InChI=1S/C14H16N2O/c1-12(17)15-9-11-16-10-5-8-14(16)13-6-3-2-4-7-13/h2-8,10H,9,11H2,1H3,(H,15,17). The summed E-state index contributed by atoms with van der Waals surface area (Å²) in [5.74, 6) is 0.0124. The second kappa shape index (κ2) is 5.34. The molecule has 1 heterocycles. The number of rotatable bonds is 4. The van der Waals surface area contributed by atoms with Gasteiger partial charge >= 0.3 is 0 Å². The Hall–Kier alpha value is -2.03. The first-order valence-corrected chi connectivity index (χ1v) is 5.72. The fourth-order valence-corrected chi connectivity index (χ4v) is 1.83. The van der Waals surface area contributed by atoms with Crippen molar-refractivity contribution in [2.24, 2.45) is 0 Å². The molecule has 3 heteroatoms. The van der Waals surface area contributed by atoms with Crippen LogP contribution in [-0.4, -0.2) is 17.0 Å². The summed E-state index contributed by atoms with van der Waals surface area (Å²) in [7, 11) is 0. The Bertz CT molecular complexity index is 488. The van der Waals surface area contributed by atoms with Crippen molar-refractivity contribution in [1.82, 2.24) is 9.88 Å². The molecule has 0 bridgehead atoms. The van der Waals surface area contributed by atoms with E-state index in [1.807, 2.05) is 30.5 Å². The molecule has 1 aromatic heterocycles. The van der Waals surface area contributed by atoms with E-state index < -0.39 is 0 Å². The van der Waals surface area contributed by atoms with Crippen molar-refractivity contribution in [3.63, 3.8) is 0 Å². The largest absolute Gasteiger partial charge is 0.355 e. The summed E-state index contributed by atoms with van der Waals surface area (Å²) in [6.07, 6.45) is 2.03. The number of amides is 1. The molecule has 0 saturated carbocycles. The van der Waals surface area contributed by atoms with Gasteiger partial charge in [0.15, 0.2) is 0 Å². The minimum Gasteiger partial charge on any atom is -0.355 e. The summed E-state index contributed by atoms with van der Waals surface area (Å²) in [6, 6.07) is 14.3. The molecule has 0 atom stereocenters. The van der Waals surface area contributed by atoms with Crippen molar-refractivity contribution in [1.29, 1.82) is 0 Å². The minimum atomic E-state index is 0.0124. The Kier molecular flexibility index (Phi) is 3.60. The van der Waals surface area contributed by atoms with E-state index in [2.05, 4.69) is 28.1 Å². The zero-order chi connectivity index (χ0) is 12.1. The van der Waals surface area contributed by atoms with Gasteiger partial charge in [-0.15, -0.1) is 0 Å². The number of carbonyl (C=O) groups excluding carboxylic acids is 1. The highest BCUT2D eigenvalue weighted by atomic mass is 16.1. The zero-order valence-electron chi connectivity index (χ0n) is 9.89. The van der Waals surface area contributed by atoms with Crippen molar-refractivity contribution < 1.29 is 4.79 Å². The van der Waals surface area contributed by atoms with Crippen LogP contribution in [0.1, 0.15) is 6.92 Å². The normalized spacial score (nSPS) is 10.2. The highest BCUT2D eigenvalue weighted by Crippen LogP contribution is 2.19. The molecule has 0 radical (unpaired) electrons. The molecule has 2 rings (SSSR count). The Morgan fingerprint density at radius 2 is 1.94 bits per heavy atom. The molecule has 1 N–H and O–H groups in total. The lowest BCUT2D eigenvalue weighted by molar-refractivity contribution is -0.118. The number of hydrogen-bond donors (Lipinski definition) is 1. The third-order valence-corrected chi connectivity index (χ3v) is 2.63. The molecule has 0 spiro atoms. The highest BCUT2D eigenvalue weighted by molar-refractivity contribution is 5.72. The summed E-state index contributed by atoms with van der Waals surface area (Å²) in [6.45, 7) is 2.98. The van der Waals surface area contributed by atoms with Crippen molar-refractivity contribution in [3.8, 4) is 11.3 Å². The van der Waals surface area contributed by atoms with Crippen LogP contribution >= 0.6 is 0 Å². The summed E-state index contributed by atoms with van der Waals surface area (Å²) < 4.78 is 2.14. The SMILES string of the molecule is CC(=O)NCCn1cccc1-c1ccccc1. The lowest BCUT2D eigenvalue weighted by atomic mass is 10.1. The lowest BCUT2D eigenvalue weighted by Gasteiger charge is -2.09. The topological polar surface area (TPSA) is 34.0 Å². The van der Waals surface area contributed by atoms with Gasteiger partial charge in [-0.1, -0.05) is 30.3 Å². The number of carbonyl (C=O) groups is 1. The van der Waals surface area contributed by atoms with Crippen LogP contribution in [0.25, 0.3) is 11.3 Å². The average Bonchev–Trinajstić information content (AvgIpc) is 2.78. The molecule has 1 amide bonds. The monoisotopic (exact) mass is 228 g/mol. The van der Waals surface area contributed by atoms with E-state index in [0.717, 1.165) is 6.54 Å². The quantitative estimate of drug-likeness (QED) is 0.856. The van der Waals surface area contributed by atoms with Crippen molar-refractivity contribution in [2.45, 2.75) is 13.5 Å². The minimum absolute atomic E-state index is 0.0124. The van der Waals surface area contributed by atoms with Gasteiger partial charge in [-0.2, -0.15) is 0 Å². The number of nitrogens with one attached hydrogen (secondary N) is 1. The smallest absolute Gasteiger partial charge is 0.216 e. The van der Waals surface area contributed by atoms with Gasteiger partial charge in [-0.05, 0) is 17.7 Å². The third kappa shape index (κ3) is 2.97. The van der Waals surface area contributed by atoms with E-state index in [1.54, 1.807) is 0 Å². The van der Waals surface area contributed by atoms with Crippen molar-refractivity contribution >= 4 is 5.91 Å². The average molecular weight is 228 g/mol. The van der Waals surface area contributed by atoms with Gasteiger partial charge in [0.25, 0.3) is 0 Å². The molecular formula is C14H16N2O. The van der Waals surface area contributed by atoms with Crippen LogP contribution in [0, 0.1) is 0 Å². The fourth-order valence-electron chi connectivity index (χ4n) is 1.83. The fraction of sp³-hybridized carbons (Fsp3) is 0.214. The third-order valence-electron chi connectivity index (χ3n) is 2.63. The van der Waals surface area contributed by atoms with Gasteiger partial charge in [0.2, 0.25) is 5.91 Å². The first kappa shape index (κ1) is 11.5. The maximum absolute atomic E-state index is 10.8. The van der Waals surface area contributed by atoms with Gasteiger partial charge in [0, 0.05) is 31.9 Å². The van der Waals surface area contributed by atoms with Crippen molar-refractivity contribution in [3.05, 3.63) is 48.7 Å². The molecule has 0 aliphatic rings. The molecule has 2 aromatic rings. The van der Waals surface area contributed by atoms with E-state index in [1.165, 1.54) is 18.2 Å². The maximum atomic E-state index is 10.8. The van der Waals surface area contributed by atoms with Gasteiger partial charge in [-0.3, -0.25) is 4.79 Å². The first-order valence-electron chi connectivity index (χ1n) is 5.72. The molecule has 3 nitrogen and oxygen atoms in total. The first-order chi connectivity index (χ1) is 8.27. The highest BCUT2D eigenvalue weighted by Gasteiger charge is 2.02. The van der Waals surface area contributed by atoms with Crippen LogP contribution < -0.4 is 5.32 Å². The maximum Gasteiger partial charge on any atom is 0.216 e. The van der Waals surface area contributed by atoms with E-state index in [0.29, 0.717) is 6.54 Å². The van der Waals surface area contributed by atoms with Gasteiger partial charge in [0.1, 0.15) is 0 Å². The van der Waals surface area contributed by atoms with E-state index >= 15 is 0 Å². The molecule has 0 aliphatic heterocycles. The molecule has 0 fully saturated rings. The van der Waals surface area contributed by atoms with Gasteiger partial charge in [0.05, 0.1) is 0 Å². The predicted molar refractivity (Wildman–Crippen MR) is 68.6 cm³/mol. The van der Waals surface area contributed by atoms with Crippen LogP contribution in [0.5, 0.6) is 0 Å². The Morgan fingerprint density at radius 1 is 1.18 bits per heavy atom. The van der Waals surface area contributed by atoms with Gasteiger partial charge < -0.3 is 9.88 Å². The number of nitrogens with zero attached hydrogens (tertiary/aromatic N) is 1. The zero-order valence-corrected chi connectivity index (χ0v) is 9.89. The van der Waals surface area contributed by atoms with Crippen molar-refractivity contribution in [2.75, 3.05) is 6.54 Å². The Labute approximate surface area is 101 Å². The van der Waals surface area contributed by atoms with E-state index in [9.17, 15) is 4.79 Å². The summed E-state index contributed by atoms with van der Waals surface area (Å²) in [5.41, 5.74) is 2.37. The summed E-state index contributed by atoms with van der Waals surface area (Å²) >= 11 is 0. The van der Waals surface area contributed by atoms with Crippen LogP contribution in [0.4, 0.5) is 0 Å². The Balaban J connectivity index is 2.10. The molecular weight excluding hydrogens is 212 g/mol. The van der Waals surface area contributed by atoms with Crippen LogP contribution in [0.3, 0.4) is 0 Å². The summed E-state index contributed by atoms with van der Waals surface area (Å²) in [4.78, 5) is 10.8. The molecule has 0 aliphatic carbocycles. The predicted octanol–water partition coefficient (Wildman–Crippen LogP) is 2.29. The van der Waals surface area contributed by atoms with E-state index in [4.69, 9.17) is 0 Å². The molecule has 0 saturated heterocycles. The second-order valence-corrected chi connectivity index (χ2v) is 3.94. The van der Waals surface area contributed by atoms with Gasteiger partial charge in [-0.25, -0.2) is 0 Å². The molecule has 0 unspecified atom stereocenters. The van der Waals surface area contributed by atoms with Crippen LogP contribution in [-0.2, 0) is 11.3 Å². The lowest BCUT2D eigenvalue weighted by Crippen LogP contribution is -2.24. The molecule has 17 heavy (non-hydrogen) atoms. The second-order valence-electron chi connectivity index (χ2n) is 3.94.